The van der Waals surface area contributed by atoms with Crippen LogP contribution in [0.25, 0.3) is 0 Å². The van der Waals surface area contributed by atoms with Gasteiger partial charge >= 0.3 is 0 Å². The molecule has 0 radical (unpaired) electrons. The van der Waals surface area contributed by atoms with Crippen molar-refractivity contribution in [3.63, 3.8) is 0 Å². The first kappa shape index (κ1) is 13.9. The topological polar surface area (TPSA) is 24.5 Å². The maximum atomic E-state index is 5.67. The number of piperidine rings is 1. The van der Waals surface area contributed by atoms with Crippen LogP contribution in [0.15, 0.2) is 0 Å². The number of rotatable bonds is 5. The van der Waals surface area contributed by atoms with Gasteiger partial charge in [0.05, 0.1) is 12.2 Å². The van der Waals surface area contributed by atoms with Gasteiger partial charge in [-0.2, -0.15) is 0 Å². The van der Waals surface area contributed by atoms with E-state index in [0.717, 1.165) is 25.7 Å². The van der Waals surface area contributed by atoms with E-state index in [1.54, 1.807) is 0 Å². The lowest BCUT2D eigenvalue weighted by molar-refractivity contribution is -0.00135. The highest BCUT2D eigenvalue weighted by atomic mass is 16.5. The molecule has 0 aliphatic carbocycles. The van der Waals surface area contributed by atoms with Crippen LogP contribution < -0.4 is 5.32 Å². The van der Waals surface area contributed by atoms with Crippen LogP contribution in [-0.2, 0) is 4.74 Å². The number of hydrogen-bond acceptors (Lipinski definition) is 3. The lowest BCUT2D eigenvalue weighted by atomic mass is 10.0. The van der Waals surface area contributed by atoms with Crippen LogP contribution in [0.3, 0.4) is 0 Å². The molecule has 1 rings (SSSR count). The van der Waals surface area contributed by atoms with Gasteiger partial charge in [-0.1, -0.05) is 6.42 Å². The Labute approximate surface area is 101 Å². The predicted octanol–water partition coefficient (Wildman–Crippen LogP) is 1.88. The lowest BCUT2D eigenvalue weighted by Gasteiger charge is -2.32. The summed E-state index contributed by atoms with van der Waals surface area (Å²) in [6.45, 7) is 10.4. The molecule has 16 heavy (non-hydrogen) atoms. The molecule has 0 amide bonds. The van der Waals surface area contributed by atoms with Gasteiger partial charge in [-0.25, -0.2) is 0 Å². The van der Waals surface area contributed by atoms with Crippen molar-refractivity contribution in [3.8, 4) is 0 Å². The van der Waals surface area contributed by atoms with E-state index < -0.39 is 0 Å². The number of hydrogen-bond donors (Lipinski definition) is 1. The molecule has 1 unspecified atom stereocenters. The zero-order valence-corrected chi connectivity index (χ0v) is 11.4. The fourth-order valence-corrected chi connectivity index (χ4v) is 2.10. The molecule has 1 saturated heterocycles. The van der Waals surface area contributed by atoms with Crippen LogP contribution in [0.5, 0.6) is 0 Å². The molecule has 0 bridgehead atoms. The summed E-state index contributed by atoms with van der Waals surface area (Å²) < 4.78 is 5.67. The Morgan fingerprint density at radius 1 is 1.31 bits per heavy atom. The number of likely N-dealkylation sites (N-methyl/N-ethyl adjacent to an activating group) is 1. The van der Waals surface area contributed by atoms with Crippen LogP contribution in [0.4, 0.5) is 0 Å². The van der Waals surface area contributed by atoms with Gasteiger partial charge < -0.3 is 15.0 Å². The molecular weight excluding hydrogens is 200 g/mol. The van der Waals surface area contributed by atoms with Gasteiger partial charge in [-0.3, -0.25) is 0 Å². The fraction of sp³-hybridized carbons (Fsp3) is 1.00. The zero-order valence-electron chi connectivity index (χ0n) is 11.4. The van der Waals surface area contributed by atoms with Gasteiger partial charge in [0.15, 0.2) is 0 Å². The van der Waals surface area contributed by atoms with Gasteiger partial charge in [-0.15, -0.1) is 0 Å². The van der Waals surface area contributed by atoms with E-state index in [1.807, 2.05) is 0 Å². The van der Waals surface area contributed by atoms with E-state index in [4.69, 9.17) is 4.74 Å². The number of nitrogens with one attached hydrogen (secondary N) is 1. The van der Waals surface area contributed by atoms with Gasteiger partial charge in [0.25, 0.3) is 0 Å². The van der Waals surface area contributed by atoms with Crippen molar-refractivity contribution in [1.29, 1.82) is 0 Å². The minimum absolute atomic E-state index is 0.0106. The molecule has 0 saturated carbocycles. The van der Waals surface area contributed by atoms with Crippen molar-refractivity contribution in [2.24, 2.45) is 0 Å². The van der Waals surface area contributed by atoms with Crippen molar-refractivity contribution in [1.82, 2.24) is 10.2 Å². The number of likely N-dealkylation sites (tertiary alicyclic amines) is 1. The molecule has 1 atom stereocenters. The van der Waals surface area contributed by atoms with Crippen LogP contribution in [-0.4, -0.2) is 49.8 Å². The third kappa shape index (κ3) is 5.83. The molecule has 0 aromatic rings. The largest absolute Gasteiger partial charge is 0.375 e. The second-order valence-electron chi connectivity index (χ2n) is 5.80. The molecule has 1 N–H and O–H groups in total. The van der Waals surface area contributed by atoms with E-state index in [-0.39, 0.29) is 5.60 Å². The van der Waals surface area contributed by atoms with Crippen LogP contribution >= 0.6 is 0 Å². The van der Waals surface area contributed by atoms with Crippen molar-refractivity contribution >= 4 is 0 Å². The van der Waals surface area contributed by atoms with Gasteiger partial charge in [-0.05, 0) is 47.2 Å². The fourth-order valence-electron chi connectivity index (χ4n) is 2.10. The van der Waals surface area contributed by atoms with Gasteiger partial charge in [0.1, 0.15) is 0 Å². The van der Waals surface area contributed by atoms with Crippen molar-refractivity contribution in [2.75, 3.05) is 33.3 Å². The Kier molecular flexibility index (Phi) is 5.73. The number of ether oxygens (including phenoxy) is 1. The summed E-state index contributed by atoms with van der Waals surface area (Å²) in [6, 6.07) is 0.725. The molecule has 3 heteroatoms. The van der Waals surface area contributed by atoms with E-state index in [2.05, 4.69) is 38.0 Å². The van der Waals surface area contributed by atoms with E-state index in [0.29, 0.717) is 0 Å². The monoisotopic (exact) mass is 228 g/mol. The molecular formula is C13H28N2O. The first-order chi connectivity index (χ1) is 7.49. The highest BCUT2D eigenvalue weighted by Gasteiger charge is 2.18. The zero-order chi connectivity index (χ0) is 12.0. The molecule has 3 nitrogen and oxygen atoms in total. The lowest BCUT2D eigenvalue weighted by Crippen LogP contribution is -2.43. The summed E-state index contributed by atoms with van der Waals surface area (Å²) in [4.78, 5) is 2.47. The average molecular weight is 228 g/mol. The summed E-state index contributed by atoms with van der Waals surface area (Å²) in [6.07, 6.45) is 4.08. The van der Waals surface area contributed by atoms with Crippen LogP contribution in [0.1, 0.15) is 40.0 Å². The average Bonchev–Trinajstić information content (AvgIpc) is 2.18. The second kappa shape index (κ2) is 6.58. The van der Waals surface area contributed by atoms with Gasteiger partial charge in [0, 0.05) is 19.1 Å². The minimum Gasteiger partial charge on any atom is -0.375 e. The Morgan fingerprint density at radius 2 is 2.06 bits per heavy atom. The quantitative estimate of drug-likeness (QED) is 0.727. The molecule has 1 fully saturated rings. The van der Waals surface area contributed by atoms with Crippen molar-refractivity contribution in [3.05, 3.63) is 0 Å². The highest BCUT2D eigenvalue weighted by Crippen LogP contribution is 2.13. The smallest absolute Gasteiger partial charge is 0.0599 e. The van der Waals surface area contributed by atoms with Crippen LogP contribution in [0, 0.1) is 0 Å². The Bertz CT molecular complexity index is 189. The van der Waals surface area contributed by atoms with Crippen LogP contribution in [0.2, 0.25) is 0 Å². The first-order valence-corrected chi connectivity index (χ1v) is 6.54. The normalized spacial score (nSPS) is 23.6. The molecule has 0 spiro atoms. The maximum absolute atomic E-state index is 5.67. The Balaban J connectivity index is 2.02. The molecule has 0 aromatic carbocycles. The molecule has 1 heterocycles. The summed E-state index contributed by atoms with van der Waals surface area (Å²) >= 11 is 0. The Hall–Kier alpha value is -0.120. The summed E-state index contributed by atoms with van der Waals surface area (Å²) in [5, 5.41) is 3.49. The van der Waals surface area contributed by atoms with Crippen molar-refractivity contribution < 1.29 is 4.74 Å². The standard InChI is InChI=1S/C13H28N2O/c1-13(2,3)16-10-8-14-11-12-7-5-6-9-15(12)4/h12,14H,5-11H2,1-4H3. The second-order valence-corrected chi connectivity index (χ2v) is 5.80. The summed E-state index contributed by atoms with van der Waals surface area (Å²) in [5.74, 6) is 0. The minimum atomic E-state index is -0.0106. The Morgan fingerprint density at radius 3 is 2.69 bits per heavy atom. The number of nitrogens with zero attached hydrogens (tertiary/aromatic N) is 1. The van der Waals surface area contributed by atoms with Crippen molar-refractivity contribution in [2.45, 2.75) is 51.7 Å². The third-order valence-corrected chi connectivity index (χ3v) is 3.12. The summed E-state index contributed by atoms with van der Waals surface area (Å²) in [7, 11) is 2.23. The summed E-state index contributed by atoms with van der Waals surface area (Å²) in [5.41, 5.74) is -0.0106. The maximum Gasteiger partial charge on any atom is 0.0599 e. The van der Waals surface area contributed by atoms with E-state index in [9.17, 15) is 0 Å². The molecule has 1 aliphatic heterocycles. The highest BCUT2D eigenvalue weighted by molar-refractivity contribution is 4.76. The van der Waals surface area contributed by atoms with E-state index in [1.165, 1.54) is 25.8 Å². The molecule has 0 aromatic heterocycles. The first-order valence-electron chi connectivity index (χ1n) is 6.54. The molecule has 1 aliphatic rings. The van der Waals surface area contributed by atoms with Gasteiger partial charge in [0.2, 0.25) is 0 Å². The molecule has 96 valence electrons. The third-order valence-electron chi connectivity index (χ3n) is 3.12. The van der Waals surface area contributed by atoms with E-state index >= 15 is 0 Å². The SMILES string of the molecule is CN1CCCCC1CNCCOC(C)(C)C. The predicted molar refractivity (Wildman–Crippen MR) is 68.8 cm³/mol.